The topological polar surface area (TPSA) is 80.0 Å². The number of nitrogens with zero attached hydrogens (tertiary/aromatic N) is 7. The first-order valence-corrected chi connectivity index (χ1v) is 11.0. The minimum absolute atomic E-state index is 0.0162. The summed E-state index contributed by atoms with van der Waals surface area (Å²) in [7, 11) is 0. The van der Waals surface area contributed by atoms with E-state index in [1.54, 1.807) is 24.7 Å². The summed E-state index contributed by atoms with van der Waals surface area (Å²) < 4.78 is 13.5. The van der Waals surface area contributed by atoms with Gasteiger partial charge in [0.1, 0.15) is 5.82 Å². The largest absolute Gasteiger partial charge is 0.336 e. The highest BCUT2D eigenvalue weighted by molar-refractivity contribution is 5.98. The normalized spacial score (nSPS) is 19.9. The van der Waals surface area contributed by atoms with Gasteiger partial charge in [-0.15, -0.1) is 0 Å². The Hall–Kier alpha value is -3.88. The number of hydrogen-bond donors (Lipinski definition) is 0. The Labute approximate surface area is 189 Å². The molecule has 0 saturated carbocycles. The minimum Gasteiger partial charge on any atom is -0.336 e. The van der Waals surface area contributed by atoms with Crippen LogP contribution >= 0.6 is 0 Å². The van der Waals surface area contributed by atoms with E-state index in [0.29, 0.717) is 47.1 Å². The Morgan fingerprint density at radius 3 is 2.76 bits per heavy atom. The molecule has 2 aromatic carbocycles. The van der Waals surface area contributed by atoms with Gasteiger partial charge in [0, 0.05) is 37.3 Å². The van der Waals surface area contributed by atoms with Crippen LogP contribution in [0.3, 0.4) is 0 Å². The third kappa shape index (κ3) is 3.49. The Morgan fingerprint density at radius 1 is 1.06 bits per heavy atom. The first-order valence-electron chi connectivity index (χ1n) is 11.0. The summed E-state index contributed by atoms with van der Waals surface area (Å²) >= 11 is 0. The molecule has 2 unspecified atom stereocenters. The van der Waals surface area contributed by atoms with Gasteiger partial charge in [0.25, 0.3) is 5.91 Å². The summed E-state index contributed by atoms with van der Waals surface area (Å²) in [6.07, 6.45) is 5.87. The highest BCUT2D eigenvalue weighted by Crippen LogP contribution is 2.33. The third-order valence-corrected chi connectivity index (χ3v) is 6.50. The summed E-state index contributed by atoms with van der Waals surface area (Å²) in [6, 6.07) is 10.4. The van der Waals surface area contributed by atoms with Crippen LogP contribution in [-0.2, 0) is 0 Å². The first-order chi connectivity index (χ1) is 16.0. The van der Waals surface area contributed by atoms with Crippen molar-refractivity contribution in [3.63, 3.8) is 0 Å². The zero-order valence-corrected chi connectivity index (χ0v) is 18.1. The summed E-state index contributed by atoms with van der Waals surface area (Å²) in [6.45, 7) is 4.05. The molecule has 1 amide bonds. The maximum absolute atomic E-state index is 13.6. The van der Waals surface area contributed by atoms with Crippen LogP contribution in [0.5, 0.6) is 0 Å². The third-order valence-electron chi connectivity index (χ3n) is 6.50. The first kappa shape index (κ1) is 19.8. The second kappa shape index (κ2) is 7.61. The predicted octanol–water partition coefficient (Wildman–Crippen LogP) is 3.01. The fourth-order valence-corrected chi connectivity index (χ4v) is 5.01. The lowest BCUT2D eigenvalue weighted by Crippen LogP contribution is -2.45. The molecule has 8 nitrogen and oxygen atoms in total. The lowest BCUT2D eigenvalue weighted by Gasteiger charge is -2.33. The molecule has 2 aromatic heterocycles. The number of carbonyl (C=O) groups is 1. The van der Waals surface area contributed by atoms with Crippen molar-refractivity contribution in [1.82, 2.24) is 29.9 Å². The van der Waals surface area contributed by atoms with Crippen molar-refractivity contribution < 1.29 is 9.18 Å². The molecular weight excluding hydrogens is 421 g/mol. The van der Waals surface area contributed by atoms with E-state index in [0.717, 1.165) is 18.5 Å². The molecule has 2 aliphatic rings. The molecule has 2 fully saturated rings. The minimum atomic E-state index is -0.300. The second-order valence-corrected chi connectivity index (χ2v) is 8.83. The van der Waals surface area contributed by atoms with Gasteiger partial charge in [-0.2, -0.15) is 15.0 Å². The molecule has 9 heteroatoms. The van der Waals surface area contributed by atoms with Crippen LogP contribution in [0.25, 0.3) is 16.6 Å². The molecule has 0 spiro atoms. The zero-order valence-electron chi connectivity index (χ0n) is 18.1. The van der Waals surface area contributed by atoms with Crippen LogP contribution in [0.4, 0.5) is 10.3 Å². The number of benzene rings is 2. The average Bonchev–Trinajstić information content (AvgIpc) is 3.46. The number of likely N-dealkylation sites (tertiary alicyclic amines) is 1. The van der Waals surface area contributed by atoms with E-state index in [2.05, 4.69) is 25.1 Å². The number of anilines is 1. The van der Waals surface area contributed by atoms with Crippen molar-refractivity contribution in [2.24, 2.45) is 5.92 Å². The van der Waals surface area contributed by atoms with E-state index in [1.807, 2.05) is 30.0 Å². The van der Waals surface area contributed by atoms with E-state index in [4.69, 9.17) is 0 Å². The van der Waals surface area contributed by atoms with Gasteiger partial charge in [-0.3, -0.25) is 4.79 Å². The van der Waals surface area contributed by atoms with Gasteiger partial charge in [-0.05, 0) is 49.6 Å². The summed E-state index contributed by atoms with van der Waals surface area (Å²) in [4.78, 5) is 28.4. The molecule has 4 aromatic rings. The fraction of sp³-hybridized carbons (Fsp3) is 0.292. The Kier molecular flexibility index (Phi) is 4.56. The maximum atomic E-state index is 13.6. The molecule has 166 valence electrons. The fourth-order valence-electron chi connectivity index (χ4n) is 5.01. The van der Waals surface area contributed by atoms with Crippen molar-refractivity contribution >= 4 is 22.8 Å². The second-order valence-electron chi connectivity index (χ2n) is 8.83. The van der Waals surface area contributed by atoms with Gasteiger partial charge in [-0.25, -0.2) is 14.4 Å². The van der Waals surface area contributed by atoms with Crippen LogP contribution in [-0.4, -0.2) is 61.4 Å². The number of fused-ring (bicyclic) bond motifs is 3. The number of carbonyl (C=O) groups excluding carboxylic acids is 1. The smallest absolute Gasteiger partial charge is 0.256 e. The highest BCUT2D eigenvalue weighted by atomic mass is 19.1. The predicted molar refractivity (Wildman–Crippen MR) is 121 cm³/mol. The van der Waals surface area contributed by atoms with Crippen molar-refractivity contribution in [1.29, 1.82) is 0 Å². The standard InChI is InChI=1S/C24H22FN7O/c1-15-2-5-22(32-27-6-7-28-32)20(8-15)23(33)30-12-16-9-19(14-30)31(13-16)24-26-11-17-10-18(25)3-4-21(17)29-24/h2-8,10-11,16,19H,9,12-14H2,1H3. The highest BCUT2D eigenvalue weighted by Gasteiger charge is 2.41. The Bertz CT molecular complexity index is 1360. The molecule has 0 radical (unpaired) electrons. The van der Waals surface area contributed by atoms with E-state index < -0.39 is 0 Å². The maximum Gasteiger partial charge on any atom is 0.256 e. The van der Waals surface area contributed by atoms with Gasteiger partial charge < -0.3 is 9.80 Å². The molecular formula is C24H22FN7O. The Balaban J connectivity index is 1.28. The lowest BCUT2D eigenvalue weighted by molar-refractivity contribution is 0.0693. The van der Waals surface area contributed by atoms with Crippen molar-refractivity contribution in [3.05, 3.63) is 71.9 Å². The Morgan fingerprint density at radius 2 is 1.91 bits per heavy atom. The van der Waals surface area contributed by atoms with E-state index in [-0.39, 0.29) is 17.8 Å². The van der Waals surface area contributed by atoms with E-state index >= 15 is 0 Å². The number of aromatic nitrogens is 5. The van der Waals surface area contributed by atoms with Gasteiger partial charge in [-0.1, -0.05) is 11.6 Å². The van der Waals surface area contributed by atoms with Crippen LogP contribution in [0.2, 0.25) is 0 Å². The van der Waals surface area contributed by atoms with Gasteiger partial charge >= 0.3 is 0 Å². The molecule has 6 rings (SSSR count). The number of piperidine rings is 1. The van der Waals surface area contributed by atoms with Gasteiger partial charge in [0.05, 0.1) is 29.2 Å². The molecule has 0 N–H and O–H groups in total. The molecule has 2 bridgehead atoms. The van der Waals surface area contributed by atoms with Crippen molar-refractivity contribution in [2.45, 2.75) is 19.4 Å². The van der Waals surface area contributed by atoms with Crippen LogP contribution < -0.4 is 4.90 Å². The van der Waals surface area contributed by atoms with Gasteiger partial charge in [0.2, 0.25) is 5.95 Å². The molecule has 2 aliphatic heterocycles. The van der Waals surface area contributed by atoms with Crippen molar-refractivity contribution in [2.75, 3.05) is 24.5 Å². The quantitative estimate of drug-likeness (QED) is 0.484. The van der Waals surface area contributed by atoms with Crippen LogP contribution in [0.15, 0.2) is 55.0 Å². The molecule has 2 atom stereocenters. The number of halogens is 1. The SMILES string of the molecule is Cc1ccc(-n2nccn2)c(C(=O)N2CC3CC(C2)N(c2ncc4cc(F)ccc4n2)C3)c1. The summed E-state index contributed by atoms with van der Waals surface area (Å²) in [5, 5.41) is 9.11. The molecule has 4 heterocycles. The number of aryl methyl sites for hydroxylation is 1. The zero-order chi connectivity index (χ0) is 22.5. The van der Waals surface area contributed by atoms with E-state index in [9.17, 15) is 9.18 Å². The van der Waals surface area contributed by atoms with E-state index in [1.165, 1.54) is 16.9 Å². The lowest BCUT2D eigenvalue weighted by atomic mass is 9.98. The summed E-state index contributed by atoms with van der Waals surface area (Å²) in [5.41, 5.74) is 3.00. The monoisotopic (exact) mass is 443 g/mol. The number of amides is 1. The van der Waals surface area contributed by atoms with Gasteiger partial charge in [0.15, 0.2) is 0 Å². The molecule has 0 aliphatic carbocycles. The van der Waals surface area contributed by atoms with Crippen molar-refractivity contribution in [3.8, 4) is 5.69 Å². The number of hydrogen-bond acceptors (Lipinski definition) is 6. The number of rotatable bonds is 3. The van der Waals surface area contributed by atoms with Crippen LogP contribution in [0, 0.1) is 18.7 Å². The average molecular weight is 443 g/mol. The molecule has 2 saturated heterocycles. The summed E-state index contributed by atoms with van der Waals surface area (Å²) in [5.74, 6) is 0.660. The van der Waals surface area contributed by atoms with Crippen LogP contribution in [0.1, 0.15) is 22.3 Å². The molecule has 33 heavy (non-hydrogen) atoms.